The molecule has 0 aromatic rings. The number of carbonyl (C=O) groups excluding carboxylic acids is 6. The molecule has 0 spiro atoms. The van der Waals surface area contributed by atoms with Gasteiger partial charge in [-0.05, 0) is 148 Å². The molecular weight excluding hydrogens is 1380 g/mol. The quantitative estimate of drug-likeness (QED) is 0.0246. The standard InChI is InChI=1S/C99H180O12/c1-7-11-15-19-23-27-31-35-39-45-51-57-63-69-75-81-94(100)106-86-90(5)93(99(105)110-91(6)87-107-95(101)82-76-70-64-58-52-46-40-36-32-28-24-20-16-12-8-2)80-74-68-62-56-50-44-43-49-55-61-67-73-79-85-98(104)111-92(88-108-96(102)83-77-71-65-59-53-47-41-37-33-29-25-21-17-13-9-3)89-109-97(103)84-78-72-66-60-54-48-42-38-34-30-26-22-18-14-10-4/h35-37,39-41,43-44,90-93H,7-34,38,42,45-89H2,1-6H3. The van der Waals surface area contributed by atoms with E-state index in [0.29, 0.717) is 38.5 Å². The van der Waals surface area contributed by atoms with Gasteiger partial charge in [-0.1, -0.05) is 366 Å². The summed E-state index contributed by atoms with van der Waals surface area (Å²) < 4.78 is 34.4. The van der Waals surface area contributed by atoms with Gasteiger partial charge in [-0.15, -0.1) is 0 Å². The molecule has 0 radical (unpaired) electrons. The number of hydrogen-bond donors (Lipinski definition) is 0. The molecule has 0 aromatic heterocycles. The summed E-state index contributed by atoms with van der Waals surface area (Å²) in [5.41, 5.74) is 0. The van der Waals surface area contributed by atoms with Crippen LogP contribution in [0, 0.1) is 11.8 Å². The molecule has 0 aliphatic rings. The number of carbonyl (C=O) groups is 6. The zero-order chi connectivity index (χ0) is 80.7. The summed E-state index contributed by atoms with van der Waals surface area (Å²) >= 11 is 0. The predicted molar refractivity (Wildman–Crippen MR) is 469 cm³/mol. The molecule has 0 fully saturated rings. The molecule has 0 N–H and O–H groups in total. The van der Waals surface area contributed by atoms with Crippen molar-refractivity contribution in [2.75, 3.05) is 26.4 Å². The summed E-state index contributed by atoms with van der Waals surface area (Å²) in [6.45, 7) is 12.8. The van der Waals surface area contributed by atoms with E-state index in [2.05, 4.69) is 76.3 Å². The van der Waals surface area contributed by atoms with Crippen molar-refractivity contribution in [1.29, 1.82) is 0 Å². The first-order valence-corrected chi connectivity index (χ1v) is 48.1. The molecule has 0 aliphatic heterocycles. The average Bonchev–Trinajstić information content (AvgIpc) is 0.891. The van der Waals surface area contributed by atoms with Gasteiger partial charge in [0.05, 0.1) is 12.5 Å². The third kappa shape index (κ3) is 82.1. The minimum Gasteiger partial charge on any atom is -0.465 e. The number of hydrogen-bond acceptors (Lipinski definition) is 12. The summed E-state index contributed by atoms with van der Waals surface area (Å²) in [7, 11) is 0. The van der Waals surface area contributed by atoms with Crippen molar-refractivity contribution in [1.82, 2.24) is 0 Å². The van der Waals surface area contributed by atoms with Gasteiger partial charge < -0.3 is 28.4 Å². The number of esters is 6. The van der Waals surface area contributed by atoms with Gasteiger partial charge in [0.2, 0.25) is 0 Å². The van der Waals surface area contributed by atoms with Crippen LogP contribution in [0.5, 0.6) is 0 Å². The Morgan fingerprint density at radius 1 is 0.225 bits per heavy atom. The van der Waals surface area contributed by atoms with E-state index < -0.39 is 18.1 Å². The van der Waals surface area contributed by atoms with Crippen LogP contribution in [-0.2, 0) is 57.2 Å². The lowest BCUT2D eigenvalue weighted by molar-refractivity contribution is -0.167. The highest BCUT2D eigenvalue weighted by Crippen LogP contribution is 2.25. The van der Waals surface area contributed by atoms with Crippen molar-refractivity contribution in [3.8, 4) is 0 Å². The molecule has 111 heavy (non-hydrogen) atoms. The maximum absolute atomic E-state index is 13.8. The fraction of sp³-hybridized carbons (Fsp3) is 0.859. The van der Waals surface area contributed by atoms with Crippen LogP contribution in [-0.4, -0.2) is 74.5 Å². The summed E-state index contributed by atoms with van der Waals surface area (Å²) in [6, 6.07) is 0. The van der Waals surface area contributed by atoms with Crippen molar-refractivity contribution in [3.63, 3.8) is 0 Å². The molecule has 0 rings (SSSR count). The fourth-order valence-corrected chi connectivity index (χ4v) is 14.5. The van der Waals surface area contributed by atoms with Crippen LogP contribution in [0.2, 0.25) is 0 Å². The summed E-state index contributed by atoms with van der Waals surface area (Å²) in [6.07, 6.45) is 95.8. The molecule has 12 nitrogen and oxygen atoms in total. The molecule has 0 heterocycles. The maximum atomic E-state index is 13.8. The third-order valence-electron chi connectivity index (χ3n) is 21.9. The van der Waals surface area contributed by atoms with Gasteiger partial charge in [0, 0.05) is 38.0 Å². The van der Waals surface area contributed by atoms with Crippen molar-refractivity contribution in [2.24, 2.45) is 11.8 Å². The molecule has 4 unspecified atom stereocenters. The molecule has 0 aromatic carbocycles. The highest BCUT2D eigenvalue weighted by atomic mass is 16.6. The van der Waals surface area contributed by atoms with Crippen LogP contribution in [0.15, 0.2) is 48.6 Å². The predicted octanol–water partition coefficient (Wildman–Crippen LogP) is 30.3. The van der Waals surface area contributed by atoms with Crippen LogP contribution in [0.1, 0.15) is 497 Å². The maximum Gasteiger partial charge on any atom is 0.309 e. The number of rotatable bonds is 88. The lowest BCUT2D eigenvalue weighted by Gasteiger charge is -2.24. The molecule has 4 atom stereocenters. The van der Waals surface area contributed by atoms with Crippen LogP contribution < -0.4 is 0 Å². The van der Waals surface area contributed by atoms with E-state index in [1.165, 1.54) is 244 Å². The molecule has 0 aliphatic carbocycles. The molecule has 12 heteroatoms. The van der Waals surface area contributed by atoms with Crippen LogP contribution in [0.4, 0.5) is 0 Å². The Hall–Kier alpha value is -4.22. The lowest BCUT2D eigenvalue weighted by atomic mass is 9.89. The Morgan fingerprint density at radius 2 is 0.432 bits per heavy atom. The topological polar surface area (TPSA) is 158 Å². The second-order valence-electron chi connectivity index (χ2n) is 33.1. The number of allylic oxidation sites excluding steroid dienone is 8. The Morgan fingerprint density at radius 3 is 0.694 bits per heavy atom. The second-order valence-corrected chi connectivity index (χ2v) is 33.1. The second kappa shape index (κ2) is 88.2. The van der Waals surface area contributed by atoms with E-state index >= 15 is 0 Å². The third-order valence-corrected chi connectivity index (χ3v) is 21.9. The SMILES string of the molecule is CCCCCCCCC=CCCCCCCCC(=O)OCC(C)OC(=O)C(CCCCCCC=CCCCCCCCC(=O)OC(COC(=O)CCCCCCCC=CCCCCCCCC)COC(=O)CCCCCCCCCCCCCCCCC)C(C)COC(=O)CCCCCCCC=CCCCCCCCC. The van der Waals surface area contributed by atoms with E-state index in [1.807, 2.05) is 6.92 Å². The normalized spacial score (nSPS) is 12.9. The van der Waals surface area contributed by atoms with Gasteiger partial charge in [-0.2, -0.15) is 0 Å². The molecule has 0 saturated heterocycles. The van der Waals surface area contributed by atoms with E-state index in [-0.39, 0.29) is 74.6 Å². The van der Waals surface area contributed by atoms with Gasteiger partial charge in [0.25, 0.3) is 0 Å². The number of ether oxygens (including phenoxy) is 6. The Balaban J connectivity index is 4.98. The summed E-state index contributed by atoms with van der Waals surface area (Å²) in [5.74, 6) is -2.40. The minimum atomic E-state index is -0.830. The van der Waals surface area contributed by atoms with Crippen LogP contribution in [0.25, 0.3) is 0 Å². The number of unbranched alkanes of at least 4 members (excludes halogenated alkanes) is 56. The van der Waals surface area contributed by atoms with Gasteiger partial charge >= 0.3 is 35.8 Å². The molecule has 0 saturated carbocycles. The average molecular weight is 1560 g/mol. The fourth-order valence-electron chi connectivity index (χ4n) is 14.5. The largest absolute Gasteiger partial charge is 0.465 e. The summed E-state index contributed by atoms with van der Waals surface area (Å²) in [5, 5.41) is 0. The monoisotopic (exact) mass is 1560 g/mol. The molecule has 0 bridgehead atoms. The smallest absolute Gasteiger partial charge is 0.309 e. The Bertz CT molecular complexity index is 2170. The van der Waals surface area contributed by atoms with Crippen molar-refractivity contribution >= 4 is 35.8 Å². The zero-order valence-corrected chi connectivity index (χ0v) is 73.9. The van der Waals surface area contributed by atoms with Crippen LogP contribution in [0.3, 0.4) is 0 Å². The highest BCUT2D eigenvalue weighted by Gasteiger charge is 2.29. The van der Waals surface area contributed by atoms with Crippen LogP contribution >= 0.6 is 0 Å². The first-order chi connectivity index (χ1) is 54.5. The van der Waals surface area contributed by atoms with Gasteiger partial charge in [0.1, 0.15) is 25.9 Å². The van der Waals surface area contributed by atoms with E-state index in [4.69, 9.17) is 28.4 Å². The Labute approximate surface area is 685 Å². The van der Waals surface area contributed by atoms with Gasteiger partial charge in [0.15, 0.2) is 6.10 Å². The van der Waals surface area contributed by atoms with Crippen molar-refractivity contribution in [2.45, 2.75) is 510 Å². The van der Waals surface area contributed by atoms with E-state index in [1.54, 1.807) is 6.92 Å². The molecule has 0 amide bonds. The first-order valence-electron chi connectivity index (χ1n) is 48.1. The van der Waals surface area contributed by atoms with Gasteiger partial charge in [-0.25, -0.2) is 0 Å². The zero-order valence-electron chi connectivity index (χ0n) is 73.9. The first kappa shape index (κ1) is 107. The van der Waals surface area contributed by atoms with Gasteiger partial charge in [-0.3, -0.25) is 28.8 Å². The van der Waals surface area contributed by atoms with E-state index in [0.717, 1.165) is 167 Å². The molecule has 648 valence electrons. The minimum absolute atomic E-state index is 0.0258. The van der Waals surface area contributed by atoms with Crippen molar-refractivity contribution < 1.29 is 57.2 Å². The lowest BCUT2D eigenvalue weighted by Crippen LogP contribution is -2.32. The summed E-state index contributed by atoms with van der Waals surface area (Å²) in [4.78, 5) is 78.3. The van der Waals surface area contributed by atoms with Crippen molar-refractivity contribution in [3.05, 3.63) is 48.6 Å². The Kier molecular flexibility index (Phi) is 84.8. The molecular formula is C99H180O12. The van der Waals surface area contributed by atoms with E-state index in [9.17, 15) is 28.8 Å². The highest BCUT2D eigenvalue weighted by molar-refractivity contribution is 5.74.